The molecule has 0 saturated carbocycles. The van der Waals surface area contributed by atoms with Crippen LogP contribution in [0.3, 0.4) is 0 Å². The summed E-state index contributed by atoms with van der Waals surface area (Å²) in [5, 5.41) is 2.76. The zero-order valence-corrected chi connectivity index (χ0v) is 13.0. The Balaban J connectivity index is 1.66. The number of anilines is 1. The van der Waals surface area contributed by atoms with Gasteiger partial charge in [-0.3, -0.25) is 4.79 Å². The van der Waals surface area contributed by atoms with E-state index in [9.17, 15) is 4.79 Å². The van der Waals surface area contributed by atoms with Crippen LogP contribution in [0.5, 0.6) is 5.75 Å². The van der Waals surface area contributed by atoms with Gasteiger partial charge in [-0.15, -0.1) is 11.6 Å². The summed E-state index contributed by atoms with van der Waals surface area (Å²) in [5.41, 5.74) is 1.75. The molecule has 5 heteroatoms. The number of likely N-dealkylation sites (tertiary alicyclic amines) is 1. The molecule has 1 fully saturated rings. The standard InChI is InChI=1S/C16H21ClN2O2/c1-11-4-6-19(7-5-11)9-13(17)12-2-3-15-14(8-12)18-16(20)10-21-15/h2-3,8,11,13H,4-7,9-10H2,1H3,(H,18,20). The van der Waals surface area contributed by atoms with Gasteiger partial charge in [0.05, 0.1) is 11.1 Å². The van der Waals surface area contributed by atoms with Gasteiger partial charge >= 0.3 is 0 Å². The normalized spacial score (nSPS) is 21.3. The van der Waals surface area contributed by atoms with Crippen molar-refractivity contribution < 1.29 is 9.53 Å². The van der Waals surface area contributed by atoms with Crippen molar-refractivity contribution in [3.8, 4) is 5.75 Å². The summed E-state index contributed by atoms with van der Waals surface area (Å²) in [6.07, 6.45) is 2.50. The number of benzene rings is 1. The van der Waals surface area contributed by atoms with Gasteiger partial charge in [0, 0.05) is 6.54 Å². The van der Waals surface area contributed by atoms with E-state index in [4.69, 9.17) is 16.3 Å². The van der Waals surface area contributed by atoms with Crippen molar-refractivity contribution in [2.75, 3.05) is 31.6 Å². The van der Waals surface area contributed by atoms with E-state index < -0.39 is 0 Å². The maximum Gasteiger partial charge on any atom is 0.262 e. The number of hydrogen-bond acceptors (Lipinski definition) is 3. The topological polar surface area (TPSA) is 41.6 Å². The zero-order valence-electron chi connectivity index (χ0n) is 12.3. The van der Waals surface area contributed by atoms with Crippen LogP contribution in [0.25, 0.3) is 0 Å². The van der Waals surface area contributed by atoms with Crippen molar-refractivity contribution in [2.24, 2.45) is 5.92 Å². The average molecular weight is 309 g/mol. The van der Waals surface area contributed by atoms with E-state index in [0.29, 0.717) is 5.75 Å². The molecule has 1 atom stereocenters. The molecular formula is C16H21ClN2O2. The quantitative estimate of drug-likeness (QED) is 0.873. The third-order valence-corrected chi connectivity index (χ3v) is 4.68. The second kappa shape index (κ2) is 6.24. The lowest BCUT2D eigenvalue weighted by Crippen LogP contribution is -2.35. The predicted octanol–water partition coefficient (Wildman–Crippen LogP) is 3.03. The molecular weight excluding hydrogens is 288 g/mol. The van der Waals surface area contributed by atoms with Gasteiger partial charge in [-0.05, 0) is 49.5 Å². The molecule has 0 spiro atoms. The Bertz CT molecular complexity index is 527. The monoisotopic (exact) mass is 308 g/mol. The van der Waals surface area contributed by atoms with Crippen LogP contribution in [0, 0.1) is 5.92 Å². The van der Waals surface area contributed by atoms with E-state index in [1.54, 1.807) is 0 Å². The number of amides is 1. The Labute approximate surface area is 130 Å². The fourth-order valence-electron chi connectivity index (χ4n) is 2.87. The summed E-state index contributed by atoms with van der Waals surface area (Å²) in [6.45, 7) is 5.48. The van der Waals surface area contributed by atoms with Crippen LogP contribution in [0.2, 0.25) is 0 Å². The van der Waals surface area contributed by atoms with E-state index in [0.717, 1.165) is 36.8 Å². The van der Waals surface area contributed by atoms with Crippen molar-refractivity contribution >= 4 is 23.2 Å². The van der Waals surface area contributed by atoms with Crippen molar-refractivity contribution in [3.63, 3.8) is 0 Å². The molecule has 4 nitrogen and oxygen atoms in total. The fourth-order valence-corrected chi connectivity index (χ4v) is 3.20. The molecule has 0 aliphatic carbocycles. The maximum absolute atomic E-state index is 11.4. The van der Waals surface area contributed by atoms with Gasteiger partial charge in [0.25, 0.3) is 5.91 Å². The molecule has 1 aromatic carbocycles. The minimum atomic E-state index is -0.115. The second-order valence-corrected chi connectivity index (χ2v) is 6.57. The molecule has 2 aliphatic rings. The minimum Gasteiger partial charge on any atom is -0.482 e. The Morgan fingerprint density at radius 3 is 2.95 bits per heavy atom. The number of rotatable bonds is 3. The largest absolute Gasteiger partial charge is 0.482 e. The average Bonchev–Trinajstić information content (AvgIpc) is 2.48. The first-order chi connectivity index (χ1) is 10.1. The van der Waals surface area contributed by atoms with Crippen LogP contribution in [0.1, 0.15) is 30.7 Å². The predicted molar refractivity (Wildman–Crippen MR) is 84.0 cm³/mol. The molecule has 0 radical (unpaired) electrons. The fraction of sp³-hybridized carbons (Fsp3) is 0.562. The van der Waals surface area contributed by atoms with Gasteiger partial charge in [-0.2, -0.15) is 0 Å². The van der Waals surface area contributed by atoms with Crippen molar-refractivity contribution in [1.29, 1.82) is 0 Å². The molecule has 3 rings (SSSR count). The highest BCUT2D eigenvalue weighted by molar-refractivity contribution is 6.21. The van der Waals surface area contributed by atoms with Crippen LogP contribution in [-0.2, 0) is 4.79 Å². The first kappa shape index (κ1) is 14.7. The number of carbonyl (C=O) groups excluding carboxylic acids is 1. The maximum atomic E-state index is 11.4. The summed E-state index contributed by atoms with van der Waals surface area (Å²) < 4.78 is 5.37. The van der Waals surface area contributed by atoms with Crippen LogP contribution in [-0.4, -0.2) is 37.0 Å². The summed E-state index contributed by atoms with van der Waals surface area (Å²) >= 11 is 6.56. The molecule has 1 N–H and O–H groups in total. The van der Waals surface area contributed by atoms with E-state index in [-0.39, 0.29) is 17.9 Å². The van der Waals surface area contributed by atoms with Crippen LogP contribution in [0.15, 0.2) is 18.2 Å². The molecule has 2 aliphatic heterocycles. The smallest absolute Gasteiger partial charge is 0.262 e. The van der Waals surface area contributed by atoms with Crippen LogP contribution in [0.4, 0.5) is 5.69 Å². The van der Waals surface area contributed by atoms with Gasteiger partial charge in [0.2, 0.25) is 0 Å². The summed E-state index contributed by atoms with van der Waals surface area (Å²) in [7, 11) is 0. The van der Waals surface area contributed by atoms with E-state index >= 15 is 0 Å². The van der Waals surface area contributed by atoms with E-state index in [1.807, 2.05) is 18.2 Å². The van der Waals surface area contributed by atoms with Crippen molar-refractivity contribution in [1.82, 2.24) is 4.90 Å². The zero-order chi connectivity index (χ0) is 14.8. The number of hydrogen-bond donors (Lipinski definition) is 1. The van der Waals surface area contributed by atoms with E-state index in [2.05, 4.69) is 17.1 Å². The van der Waals surface area contributed by atoms with Gasteiger partial charge in [0.15, 0.2) is 6.61 Å². The lowest BCUT2D eigenvalue weighted by atomic mass is 9.99. The molecule has 0 aromatic heterocycles. The van der Waals surface area contributed by atoms with E-state index in [1.165, 1.54) is 12.8 Å². The number of fused-ring (bicyclic) bond motifs is 1. The third kappa shape index (κ3) is 3.50. The van der Waals surface area contributed by atoms with Crippen molar-refractivity contribution in [3.05, 3.63) is 23.8 Å². The minimum absolute atomic E-state index is 0.0671. The van der Waals surface area contributed by atoms with Gasteiger partial charge in [0.1, 0.15) is 5.75 Å². The molecule has 2 heterocycles. The van der Waals surface area contributed by atoms with Gasteiger partial charge in [-0.1, -0.05) is 13.0 Å². The number of piperidine rings is 1. The first-order valence-electron chi connectivity index (χ1n) is 7.55. The summed E-state index contributed by atoms with van der Waals surface area (Å²) in [4.78, 5) is 13.8. The number of carbonyl (C=O) groups is 1. The summed E-state index contributed by atoms with van der Waals surface area (Å²) in [6, 6.07) is 5.80. The number of nitrogens with one attached hydrogen (secondary N) is 1. The highest BCUT2D eigenvalue weighted by Gasteiger charge is 2.21. The summed E-state index contributed by atoms with van der Waals surface area (Å²) in [5.74, 6) is 1.43. The Morgan fingerprint density at radius 1 is 1.43 bits per heavy atom. The molecule has 21 heavy (non-hydrogen) atoms. The van der Waals surface area contributed by atoms with Crippen molar-refractivity contribution in [2.45, 2.75) is 25.1 Å². The first-order valence-corrected chi connectivity index (χ1v) is 7.98. The molecule has 114 valence electrons. The SMILES string of the molecule is CC1CCN(CC(Cl)c2ccc3c(c2)NC(=O)CO3)CC1. The van der Waals surface area contributed by atoms with Gasteiger partial charge in [-0.25, -0.2) is 0 Å². The highest BCUT2D eigenvalue weighted by atomic mass is 35.5. The van der Waals surface area contributed by atoms with Crippen LogP contribution < -0.4 is 10.1 Å². The van der Waals surface area contributed by atoms with Crippen LogP contribution >= 0.6 is 11.6 Å². The lowest BCUT2D eigenvalue weighted by Gasteiger charge is -2.31. The van der Waals surface area contributed by atoms with Gasteiger partial charge < -0.3 is 15.0 Å². The number of nitrogens with zero attached hydrogens (tertiary/aromatic N) is 1. The lowest BCUT2D eigenvalue weighted by molar-refractivity contribution is -0.118. The molecule has 0 bridgehead atoms. The number of ether oxygens (including phenoxy) is 1. The number of alkyl halides is 1. The Hall–Kier alpha value is -1.26. The number of halogens is 1. The molecule has 1 aromatic rings. The molecule has 1 saturated heterocycles. The third-order valence-electron chi connectivity index (χ3n) is 4.29. The molecule has 1 unspecified atom stereocenters. The Morgan fingerprint density at radius 2 is 2.19 bits per heavy atom. The Kier molecular flexibility index (Phi) is 4.36. The second-order valence-electron chi connectivity index (χ2n) is 6.04. The molecule has 1 amide bonds. The highest BCUT2D eigenvalue weighted by Crippen LogP contribution is 2.33.